The third-order valence-corrected chi connectivity index (χ3v) is 3.29. The number of aromatic nitrogens is 2. The van der Waals surface area contributed by atoms with Crippen LogP contribution in [0, 0.1) is 0 Å². The van der Waals surface area contributed by atoms with Gasteiger partial charge >= 0.3 is 0 Å². The molecule has 23 heavy (non-hydrogen) atoms. The summed E-state index contributed by atoms with van der Waals surface area (Å²) >= 11 is 0. The summed E-state index contributed by atoms with van der Waals surface area (Å²) in [6.07, 6.45) is 0. The zero-order valence-corrected chi connectivity index (χ0v) is 13.6. The van der Waals surface area contributed by atoms with Gasteiger partial charge in [-0.3, -0.25) is 9.59 Å². The van der Waals surface area contributed by atoms with Crippen molar-refractivity contribution in [3.63, 3.8) is 0 Å². The minimum absolute atomic E-state index is 0.107. The molecule has 2 rings (SSSR count). The lowest BCUT2D eigenvalue weighted by atomic mass is 9.87. The number of amides is 1. The number of hydrogen-bond acceptors (Lipinski definition) is 4. The van der Waals surface area contributed by atoms with Crippen LogP contribution in [0.2, 0.25) is 0 Å². The van der Waals surface area contributed by atoms with E-state index in [9.17, 15) is 9.59 Å². The number of ether oxygens (including phenoxy) is 1. The van der Waals surface area contributed by atoms with E-state index in [0.717, 1.165) is 5.75 Å². The summed E-state index contributed by atoms with van der Waals surface area (Å²) < 4.78 is 5.59. The van der Waals surface area contributed by atoms with Crippen LogP contribution < -0.4 is 15.6 Å². The van der Waals surface area contributed by atoms with E-state index in [1.54, 1.807) is 0 Å². The Morgan fingerprint density at radius 1 is 1.17 bits per heavy atom. The summed E-state index contributed by atoms with van der Waals surface area (Å²) in [5, 5.41) is 8.55. The van der Waals surface area contributed by atoms with Crippen LogP contribution in [0.15, 0.2) is 41.2 Å². The lowest BCUT2D eigenvalue weighted by molar-refractivity contribution is 0.0941. The van der Waals surface area contributed by atoms with Crippen molar-refractivity contribution in [3.05, 3.63) is 58.0 Å². The Bertz CT molecular complexity index is 695. The predicted octanol–water partition coefficient (Wildman–Crippen LogP) is 1.88. The minimum Gasteiger partial charge on any atom is -0.492 e. The lowest BCUT2D eigenvalue weighted by Gasteiger charge is -2.19. The number of nitrogens with zero attached hydrogens (tertiary/aromatic N) is 1. The SMILES string of the molecule is CC(C)(C)c1ccc(OCCNC(=O)c2ccc(=O)[nH]n2)cc1. The number of aromatic amines is 1. The molecule has 1 aromatic heterocycles. The highest BCUT2D eigenvalue weighted by molar-refractivity contribution is 5.91. The third-order valence-electron chi connectivity index (χ3n) is 3.29. The lowest BCUT2D eigenvalue weighted by Crippen LogP contribution is -2.29. The summed E-state index contributed by atoms with van der Waals surface area (Å²) in [6, 6.07) is 10.6. The Labute approximate surface area is 134 Å². The number of hydrogen-bond donors (Lipinski definition) is 2. The number of nitrogens with one attached hydrogen (secondary N) is 2. The molecule has 2 aromatic rings. The highest BCUT2D eigenvalue weighted by atomic mass is 16.5. The first-order valence-corrected chi connectivity index (χ1v) is 7.43. The first-order chi connectivity index (χ1) is 10.9. The largest absolute Gasteiger partial charge is 0.492 e. The van der Waals surface area contributed by atoms with Crippen molar-refractivity contribution in [1.29, 1.82) is 0 Å². The Hall–Kier alpha value is -2.63. The summed E-state index contributed by atoms with van der Waals surface area (Å²) in [4.78, 5) is 22.6. The monoisotopic (exact) mass is 315 g/mol. The molecule has 0 saturated heterocycles. The van der Waals surface area contributed by atoms with Gasteiger partial charge in [-0.2, -0.15) is 5.10 Å². The maximum absolute atomic E-state index is 11.8. The van der Waals surface area contributed by atoms with Crippen LogP contribution in [0.5, 0.6) is 5.75 Å². The van der Waals surface area contributed by atoms with E-state index in [1.165, 1.54) is 17.7 Å². The molecule has 1 amide bonds. The van der Waals surface area contributed by atoms with Crippen LogP contribution in [-0.4, -0.2) is 29.3 Å². The van der Waals surface area contributed by atoms with Crippen LogP contribution in [0.25, 0.3) is 0 Å². The van der Waals surface area contributed by atoms with Gasteiger partial charge in [-0.25, -0.2) is 5.10 Å². The molecule has 0 fully saturated rings. The van der Waals surface area contributed by atoms with Crippen LogP contribution in [0.4, 0.5) is 0 Å². The van der Waals surface area contributed by atoms with E-state index in [-0.39, 0.29) is 22.6 Å². The third kappa shape index (κ3) is 4.95. The molecule has 0 unspecified atom stereocenters. The second kappa shape index (κ2) is 7.09. The quantitative estimate of drug-likeness (QED) is 0.825. The summed E-state index contributed by atoms with van der Waals surface area (Å²) in [5.41, 5.74) is 1.17. The molecule has 122 valence electrons. The van der Waals surface area contributed by atoms with Crippen molar-refractivity contribution in [2.75, 3.05) is 13.2 Å². The Kier molecular flexibility index (Phi) is 5.16. The molecule has 0 spiro atoms. The van der Waals surface area contributed by atoms with Crippen molar-refractivity contribution < 1.29 is 9.53 Å². The summed E-state index contributed by atoms with van der Waals surface area (Å²) in [5.74, 6) is 0.405. The van der Waals surface area contributed by atoms with Gasteiger partial charge in [0.15, 0.2) is 0 Å². The van der Waals surface area contributed by atoms with Crippen molar-refractivity contribution in [3.8, 4) is 5.75 Å². The fourth-order valence-corrected chi connectivity index (χ4v) is 1.95. The highest BCUT2D eigenvalue weighted by Crippen LogP contribution is 2.24. The van der Waals surface area contributed by atoms with Crippen molar-refractivity contribution >= 4 is 5.91 Å². The van der Waals surface area contributed by atoms with Gasteiger partial charge in [0.25, 0.3) is 11.5 Å². The average Bonchev–Trinajstić information content (AvgIpc) is 2.51. The molecule has 0 aliphatic rings. The van der Waals surface area contributed by atoms with Gasteiger partial charge in [0.2, 0.25) is 0 Å². The van der Waals surface area contributed by atoms with E-state index in [2.05, 4.69) is 36.3 Å². The topological polar surface area (TPSA) is 84.1 Å². The molecule has 6 heteroatoms. The predicted molar refractivity (Wildman–Crippen MR) is 87.8 cm³/mol. The van der Waals surface area contributed by atoms with E-state index in [1.807, 2.05) is 24.3 Å². The molecule has 0 saturated carbocycles. The van der Waals surface area contributed by atoms with Gasteiger partial charge in [-0.15, -0.1) is 0 Å². The van der Waals surface area contributed by atoms with E-state index < -0.39 is 0 Å². The molecule has 0 bridgehead atoms. The first-order valence-electron chi connectivity index (χ1n) is 7.43. The van der Waals surface area contributed by atoms with Gasteiger partial charge in [-0.1, -0.05) is 32.9 Å². The normalized spacial score (nSPS) is 11.1. The van der Waals surface area contributed by atoms with E-state index in [0.29, 0.717) is 13.2 Å². The molecule has 1 aromatic carbocycles. The van der Waals surface area contributed by atoms with Gasteiger partial charge < -0.3 is 10.1 Å². The standard InChI is InChI=1S/C17H21N3O3/c1-17(2,3)12-4-6-13(7-5-12)23-11-10-18-16(22)14-8-9-15(21)20-19-14/h4-9H,10-11H2,1-3H3,(H,18,22)(H,20,21). The van der Waals surface area contributed by atoms with E-state index >= 15 is 0 Å². The van der Waals surface area contributed by atoms with Crippen LogP contribution >= 0.6 is 0 Å². The van der Waals surface area contributed by atoms with Gasteiger partial charge in [0, 0.05) is 6.07 Å². The highest BCUT2D eigenvalue weighted by Gasteiger charge is 2.13. The van der Waals surface area contributed by atoms with Crippen molar-refractivity contribution in [2.24, 2.45) is 0 Å². The molecular formula is C17H21N3O3. The molecule has 6 nitrogen and oxygen atoms in total. The molecule has 0 aliphatic carbocycles. The average molecular weight is 315 g/mol. The maximum atomic E-state index is 11.8. The zero-order valence-electron chi connectivity index (χ0n) is 13.6. The van der Waals surface area contributed by atoms with Crippen LogP contribution in [0.1, 0.15) is 36.8 Å². The summed E-state index contributed by atoms with van der Waals surface area (Å²) in [7, 11) is 0. The van der Waals surface area contributed by atoms with Gasteiger partial charge in [0.05, 0.1) is 6.54 Å². The molecule has 1 heterocycles. The molecular weight excluding hydrogens is 294 g/mol. The molecule has 0 radical (unpaired) electrons. The zero-order chi connectivity index (χ0) is 16.9. The maximum Gasteiger partial charge on any atom is 0.271 e. The van der Waals surface area contributed by atoms with Crippen molar-refractivity contribution in [2.45, 2.75) is 26.2 Å². The molecule has 0 aliphatic heterocycles. The number of rotatable bonds is 5. The fourth-order valence-electron chi connectivity index (χ4n) is 1.95. The van der Waals surface area contributed by atoms with Crippen molar-refractivity contribution in [1.82, 2.24) is 15.5 Å². The first kappa shape index (κ1) is 16.7. The second-order valence-corrected chi connectivity index (χ2v) is 6.19. The Balaban J connectivity index is 1.78. The number of carbonyl (C=O) groups is 1. The van der Waals surface area contributed by atoms with Crippen LogP contribution in [0.3, 0.4) is 0 Å². The van der Waals surface area contributed by atoms with Gasteiger partial charge in [0.1, 0.15) is 18.1 Å². The number of H-pyrrole nitrogens is 1. The molecule has 2 N–H and O–H groups in total. The number of carbonyl (C=O) groups excluding carboxylic acids is 1. The summed E-state index contributed by atoms with van der Waals surface area (Å²) in [6.45, 7) is 7.17. The molecule has 0 atom stereocenters. The Morgan fingerprint density at radius 2 is 1.87 bits per heavy atom. The van der Waals surface area contributed by atoms with Crippen LogP contribution in [-0.2, 0) is 5.41 Å². The van der Waals surface area contributed by atoms with E-state index in [4.69, 9.17) is 4.74 Å². The second-order valence-electron chi connectivity index (χ2n) is 6.19. The minimum atomic E-state index is -0.354. The Morgan fingerprint density at radius 3 is 2.43 bits per heavy atom. The smallest absolute Gasteiger partial charge is 0.271 e. The fraction of sp³-hybridized carbons (Fsp3) is 0.353. The number of benzene rings is 1. The van der Waals surface area contributed by atoms with Gasteiger partial charge in [-0.05, 0) is 29.2 Å².